The van der Waals surface area contributed by atoms with Gasteiger partial charge in [0.1, 0.15) is 6.61 Å². The molecule has 0 saturated carbocycles. The average molecular weight is 386 g/mol. The van der Waals surface area contributed by atoms with Gasteiger partial charge in [0, 0.05) is 23.5 Å². The number of nitrogens with one attached hydrogen (secondary N) is 2. The Labute approximate surface area is 167 Å². The van der Waals surface area contributed by atoms with Gasteiger partial charge in [-0.05, 0) is 23.8 Å². The summed E-state index contributed by atoms with van der Waals surface area (Å²) in [7, 11) is 0. The first-order valence-corrected chi connectivity index (χ1v) is 9.06. The van der Waals surface area contributed by atoms with E-state index in [1.54, 1.807) is 30.6 Å². The fourth-order valence-electron chi connectivity index (χ4n) is 2.97. The van der Waals surface area contributed by atoms with E-state index in [4.69, 9.17) is 4.74 Å². The predicted octanol–water partition coefficient (Wildman–Crippen LogP) is 3.12. The van der Waals surface area contributed by atoms with Crippen molar-refractivity contribution in [1.29, 1.82) is 0 Å². The Morgan fingerprint density at radius 2 is 1.72 bits per heavy atom. The fraction of sp³-hybridized carbons (Fsp3) is 0.0909. The average Bonchev–Trinajstić information content (AvgIpc) is 2.90. The molecule has 29 heavy (non-hydrogen) atoms. The zero-order chi connectivity index (χ0) is 20.1. The number of anilines is 1. The molecule has 1 aliphatic rings. The standard InChI is InChI=1S/C22H18N4O3/c27-21-20(26-22(28)29-14-15-6-2-1-3-7-15)25-19(16-10-12-23-13-11-16)17-8-4-5-9-18(17)24-21/h1-13,20H,14H2,(H,24,27)(H,26,28). The van der Waals surface area contributed by atoms with Crippen LogP contribution in [0.2, 0.25) is 0 Å². The lowest BCUT2D eigenvalue weighted by molar-refractivity contribution is -0.117. The second-order valence-corrected chi connectivity index (χ2v) is 6.36. The Kier molecular flexibility index (Phi) is 5.29. The summed E-state index contributed by atoms with van der Waals surface area (Å²) in [5.41, 5.74) is 3.59. The third kappa shape index (κ3) is 4.30. The van der Waals surface area contributed by atoms with Crippen molar-refractivity contribution >= 4 is 23.4 Å². The molecule has 7 heteroatoms. The Morgan fingerprint density at radius 3 is 2.52 bits per heavy atom. The molecule has 144 valence electrons. The minimum Gasteiger partial charge on any atom is -0.445 e. The van der Waals surface area contributed by atoms with E-state index in [1.807, 2.05) is 48.5 Å². The molecule has 0 radical (unpaired) electrons. The number of ether oxygens (including phenoxy) is 1. The fourth-order valence-corrected chi connectivity index (χ4v) is 2.97. The van der Waals surface area contributed by atoms with Gasteiger partial charge in [-0.25, -0.2) is 9.79 Å². The minimum absolute atomic E-state index is 0.0994. The van der Waals surface area contributed by atoms with Gasteiger partial charge in [-0.15, -0.1) is 0 Å². The Morgan fingerprint density at radius 1 is 1.00 bits per heavy atom. The summed E-state index contributed by atoms with van der Waals surface area (Å²) in [4.78, 5) is 33.5. The first kappa shape index (κ1) is 18.4. The lowest BCUT2D eigenvalue weighted by Crippen LogP contribution is -2.42. The highest BCUT2D eigenvalue weighted by molar-refractivity contribution is 6.19. The van der Waals surface area contributed by atoms with Crippen LogP contribution in [0.4, 0.5) is 10.5 Å². The molecular formula is C22H18N4O3. The summed E-state index contributed by atoms with van der Waals surface area (Å²) in [6.45, 7) is 0.0994. The molecule has 0 aliphatic carbocycles. The highest BCUT2D eigenvalue weighted by Crippen LogP contribution is 2.23. The number of hydrogen-bond donors (Lipinski definition) is 2. The predicted molar refractivity (Wildman–Crippen MR) is 108 cm³/mol. The molecule has 4 rings (SSSR count). The van der Waals surface area contributed by atoms with Crippen LogP contribution < -0.4 is 10.6 Å². The highest BCUT2D eigenvalue weighted by Gasteiger charge is 2.27. The van der Waals surface area contributed by atoms with E-state index >= 15 is 0 Å². The summed E-state index contributed by atoms with van der Waals surface area (Å²) in [5.74, 6) is -0.446. The van der Waals surface area contributed by atoms with Crippen LogP contribution >= 0.6 is 0 Å². The summed E-state index contributed by atoms with van der Waals surface area (Å²) in [6, 6.07) is 20.2. The molecule has 2 amide bonds. The third-order valence-electron chi connectivity index (χ3n) is 4.37. The molecule has 0 spiro atoms. The molecule has 0 bridgehead atoms. The SMILES string of the molecule is O=C(NC1N=C(c2ccncc2)c2ccccc2NC1=O)OCc1ccccc1. The number of benzene rings is 2. The lowest BCUT2D eigenvalue weighted by atomic mass is 10.0. The monoisotopic (exact) mass is 386 g/mol. The van der Waals surface area contributed by atoms with Crippen molar-refractivity contribution in [3.8, 4) is 0 Å². The Hall–Kier alpha value is -4.00. The second kappa shape index (κ2) is 8.35. The van der Waals surface area contributed by atoms with E-state index in [0.717, 1.165) is 16.7 Å². The molecule has 7 nitrogen and oxygen atoms in total. The quantitative estimate of drug-likeness (QED) is 0.721. The van der Waals surface area contributed by atoms with Gasteiger partial charge in [0.15, 0.2) is 0 Å². The number of nitrogens with zero attached hydrogens (tertiary/aromatic N) is 2. The normalized spacial score (nSPS) is 15.4. The highest BCUT2D eigenvalue weighted by atomic mass is 16.5. The number of rotatable bonds is 4. The van der Waals surface area contributed by atoms with Gasteiger partial charge < -0.3 is 10.1 Å². The Bertz CT molecular complexity index is 1050. The van der Waals surface area contributed by atoms with Gasteiger partial charge in [-0.1, -0.05) is 48.5 Å². The van der Waals surface area contributed by atoms with Crippen LogP contribution in [0.15, 0.2) is 84.1 Å². The zero-order valence-electron chi connectivity index (χ0n) is 15.4. The maximum Gasteiger partial charge on any atom is 0.409 e. The molecule has 2 heterocycles. The van der Waals surface area contributed by atoms with Gasteiger partial charge in [0.05, 0.1) is 11.4 Å². The van der Waals surface area contributed by atoms with Crippen molar-refractivity contribution in [2.75, 3.05) is 5.32 Å². The molecule has 0 fully saturated rings. The maximum absolute atomic E-state index is 12.7. The number of pyridine rings is 1. The van der Waals surface area contributed by atoms with Crippen LogP contribution in [0.5, 0.6) is 0 Å². The summed E-state index contributed by atoms with van der Waals surface area (Å²) in [5, 5.41) is 5.35. The molecular weight excluding hydrogens is 368 g/mol. The molecule has 3 aromatic rings. The first-order chi connectivity index (χ1) is 14.2. The van der Waals surface area contributed by atoms with Crippen molar-refractivity contribution in [2.24, 2.45) is 4.99 Å². The number of para-hydroxylation sites is 1. The minimum atomic E-state index is -1.13. The molecule has 2 N–H and O–H groups in total. The summed E-state index contributed by atoms with van der Waals surface area (Å²) >= 11 is 0. The number of amides is 2. The van der Waals surface area contributed by atoms with E-state index in [-0.39, 0.29) is 6.61 Å². The van der Waals surface area contributed by atoms with E-state index in [1.165, 1.54) is 0 Å². The first-order valence-electron chi connectivity index (χ1n) is 9.06. The molecule has 1 unspecified atom stereocenters. The molecule has 1 aromatic heterocycles. The smallest absolute Gasteiger partial charge is 0.409 e. The number of carbonyl (C=O) groups excluding carboxylic acids is 2. The van der Waals surface area contributed by atoms with Gasteiger partial charge >= 0.3 is 6.09 Å². The van der Waals surface area contributed by atoms with Crippen LogP contribution in [-0.2, 0) is 16.1 Å². The van der Waals surface area contributed by atoms with Gasteiger partial charge in [-0.2, -0.15) is 0 Å². The molecule has 1 aliphatic heterocycles. The number of benzodiazepines with no additional fused rings is 1. The molecule has 0 saturated heterocycles. The molecule has 2 aromatic carbocycles. The number of alkyl carbamates (subject to hydrolysis) is 1. The largest absolute Gasteiger partial charge is 0.445 e. The van der Waals surface area contributed by atoms with Crippen molar-refractivity contribution in [1.82, 2.24) is 10.3 Å². The van der Waals surface area contributed by atoms with Crippen LogP contribution in [0.1, 0.15) is 16.7 Å². The van der Waals surface area contributed by atoms with Gasteiger partial charge in [-0.3, -0.25) is 15.1 Å². The topological polar surface area (TPSA) is 92.7 Å². The van der Waals surface area contributed by atoms with Crippen molar-refractivity contribution in [3.05, 3.63) is 95.8 Å². The number of carbonyl (C=O) groups is 2. The van der Waals surface area contributed by atoms with Crippen LogP contribution in [0.25, 0.3) is 0 Å². The van der Waals surface area contributed by atoms with Crippen molar-refractivity contribution in [2.45, 2.75) is 12.8 Å². The Balaban J connectivity index is 1.58. The number of aromatic nitrogens is 1. The number of hydrogen-bond acceptors (Lipinski definition) is 5. The van der Waals surface area contributed by atoms with Crippen LogP contribution in [0, 0.1) is 0 Å². The van der Waals surface area contributed by atoms with Crippen LogP contribution in [0.3, 0.4) is 0 Å². The molecule has 1 atom stereocenters. The lowest BCUT2D eigenvalue weighted by Gasteiger charge is -2.13. The third-order valence-corrected chi connectivity index (χ3v) is 4.37. The van der Waals surface area contributed by atoms with E-state index in [2.05, 4.69) is 20.6 Å². The van der Waals surface area contributed by atoms with Crippen LogP contribution in [-0.4, -0.2) is 28.9 Å². The van der Waals surface area contributed by atoms with E-state index in [0.29, 0.717) is 11.4 Å². The van der Waals surface area contributed by atoms with Gasteiger partial charge in [0.25, 0.3) is 5.91 Å². The number of aliphatic imine (C=N–C) groups is 1. The van der Waals surface area contributed by atoms with Gasteiger partial charge in [0.2, 0.25) is 6.17 Å². The summed E-state index contributed by atoms with van der Waals surface area (Å²) < 4.78 is 5.23. The maximum atomic E-state index is 12.7. The van der Waals surface area contributed by atoms with Crippen molar-refractivity contribution in [3.63, 3.8) is 0 Å². The van der Waals surface area contributed by atoms with E-state index in [9.17, 15) is 9.59 Å². The van der Waals surface area contributed by atoms with Crippen molar-refractivity contribution < 1.29 is 14.3 Å². The number of fused-ring (bicyclic) bond motifs is 1. The van der Waals surface area contributed by atoms with E-state index < -0.39 is 18.2 Å². The zero-order valence-corrected chi connectivity index (χ0v) is 15.4. The second-order valence-electron chi connectivity index (χ2n) is 6.36. The summed E-state index contributed by atoms with van der Waals surface area (Å²) in [6.07, 6.45) is 1.44.